The van der Waals surface area contributed by atoms with Gasteiger partial charge in [0, 0.05) is 30.2 Å². The largest absolute Gasteiger partial charge is 0.363 e. The average Bonchev–Trinajstić information content (AvgIpc) is 2.77. The Kier molecular flexibility index (Phi) is 4.51. The number of nitrogens with zero attached hydrogens (tertiary/aromatic N) is 1. The van der Waals surface area contributed by atoms with Gasteiger partial charge in [0.05, 0.1) is 6.04 Å². The van der Waals surface area contributed by atoms with Crippen LogP contribution in [0.4, 0.5) is 5.69 Å². The summed E-state index contributed by atoms with van der Waals surface area (Å²) in [5.74, 6) is 0. The SMILES string of the molecule is CSc1ccc(C(C)N2CCNCc3ccccc32)cc1. The molecule has 0 aliphatic carbocycles. The first kappa shape index (κ1) is 14.5. The molecule has 1 aliphatic rings. The normalized spacial score (nSPS) is 16.2. The summed E-state index contributed by atoms with van der Waals surface area (Å²) < 4.78 is 0. The van der Waals surface area contributed by atoms with Gasteiger partial charge in [-0.2, -0.15) is 0 Å². The van der Waals surface area contributed by atoms with E-state index >= 15 is 0 Å². The molecule has 3 rings (SSSR count). The lowest BCUT2D eigenvalue weighted by Gasteiger charge is -2.31. The van der Waals surface area contributed by atoms with Crippen molar-refractivity contribution in [2.75, 3.05) is 24.2 Å². The van der Waals surface area contributed by atoms with Crippen LogP contribution in [0.5, 0.6) is 0 Å². The van der Waals surface area contributed by atoms with Crippen LogP contribution in [0.25, 0.3) is 0 Å². The van der Waals surface area contributed by atoms with Gasteiger partial charge in [-0.1, -0.05) is 30.3 Å². The minimum absolute atomic E-state index is 0.391. The van der Waals surface area contributed by atoms with Gasteiger partial charge in [-0.3, -0.25) is 0 Å². The van der Waals surface area contributed by atoms with Gasteiger partial charge >= 0.3 is 0 Å². The fourth-order valence-electron chi connectivity index (χ4n) is 2.95. The van der Waals surface area contributed by atoms with Crippen LogP contribution in [0.15, 0.2) is 53.4 Å². The second-order valence-electron chi connectivity index (χ2n) is 5.45. The van der Waals surface area contributed by atoms with Gasteiger partial charge < -0.3 is 10.2 Å². The molecule has 0 bridgehead atoms. The third-order valence-corrected chi connectivity index (χ3v) is 4.96. The highest BCUT2D eigenvalue weighted by Crippen LogP contribution is 2.31. The molecule has 21 heavy (non-hydrogen) atoms. The van der Waals surface area contributed by atoms with E-state index in [0.717, 1.165) is 19.6 Å². The van der Waals surface area contributed by atoms with Crippen LogP contribution >= 0.6 is 11.8 Å². The summed E-state index contributed by atoms with van der Waals surface area (Å²) in [5.41, 5.74) is 4.14. The fraction of sp³-hybridized carbons (Fsp3) is 0.333. The number of para-hydroxylation sites is 1. The lowest BCUT2D eigenvalue weighted by molar-refractivity contribution is 0.638. The van der Waals surface area contributed by atoms with E-state index in [2.05, 4.69) is 71.9 Å². The van der Waals surface area contributed by atoms with E-state index in [0.29, 0.717) is 6.04 Å². The number of benzene rings is 2. The highest BCUT2D eigenvalue weighted by atomic mass is 32.2. The van der Waals surface area contributed by atoms with Crippen LogP contribution in [0.2, 0.25) is 0 Å². The predicted octanol–water partition coefficient (Wildman–Crippen LogP) is 4.08. The molecule has 0 fully saturated rings. The Morgan fingerprint density at radius 2 is 1.86 bits per heavy atom. The highest BCUT2D eigenvalue weighted by molar-refractivity contribution is 7.98. The summed E-state index contributed by atoms with van der Waals surface area (Å²) in [6.07, 6.45) is 2.12. The van der Waals surface area contributed by atoms with E-state index < -0.39 is 0 Å². The van der Waals surface area contributed by atoms with E-state index in [1.54, 1.807) is 11.8 Å². The second kappa shape index (κ2) is 6.54. The van der Waals surface area contributed by atoms with Crippen molar-refractivity contribution in [3.05, 3.63) is 59.7 Å². The quantitative estimate of drug-likeness (QED) is 0.860. The smallest absolute Gasteiger partial charge is 0.0514 e. The first-order valence-corrected chi connectivity index (χ1v) is 8.71. The molecule has 0 saturated heterocycles. The number of anilines is 1. The zero-order valence-electron chi connectivity index (χ0n) is 12.7. The molecule has 0 radical (unpaired) electrons. The maximum absolute atomic E-state index is 3.51. The van der Waals surface area contributed by atoms with Crippen LogP contribution in [0, 0.1) is 0 Å². The van der Waals surface area contributed by atoms with E-state index in [-0.39, 0.29) is 0 Å². The predicted molar refractivity (Wildman–Crippen MR) is 92.1 cm³/mol. The lowest BCUT2D eigenvalue weighted by atomic mass is 10.0. The Bertz CT molecular complexity index is 594. The van der Waals surface area contributed by atoms with Gasteiger partial charge in [0.25, 0.3) is 0 Å². The first-order valence-electron chi connectivity index (χ1n) is 7.49. The molecular formula is C18H22N2S. The standard InChI is InChI=1S/C18H22N2S/c1-14(15-7-9-17(21-2)10-8-15)20-12-11-19-13-16-5-3-4-6-18(16)20/h3-10,14,19H,11-13H2,1-2H3. The van der Waals surface area contributed by atoms with Crippen LogP contribution in [0.3, 0.4) is 0 Å². The fourth-order valence-corrected chi connectivity index (χ4v) is 3.36. The average molecular weight is 298 g/mol. The molecule has 1 unspecified atom stereocenters. The molecule has 0 aromatic heterocycles. The molecule has 3 heteroatoms. The van der Waals surface area contributed by atoms with E-state index in [9.17, 15) is 0 Å². The summed E-state index contributed by atoms with van der Waals surface area (Å²) >= 11 is 1.79. The first-order chi connectivity index (χ1) is 10.3. The van der Waals surface area contributed by atoms with Gasteiger partial charge in [-0.15, -0.1) is 11.8 Å². The van der Waals surface area contributed by atoms with E-state index in [1.807, 2.05) is 0 Å². The van der Waals surface area contributed by atoms with Crippen LogP contribution in [0.1, 0.15) is 24.1 Å². The Morgan fingerprint density at radius 3 is 2.62 bits per heavy atom. The molecule has 1 atom stereocenters. The van der Waals surface area contributed by atoms with Crippen molar-refractivity contribution in [2.24, 2.45) is 0 Å². The molecule has 0 amide bonds. The molecule has 1 heterocycles. The van der Waals surface area contributed by atoms with Crippen molar-refractivity contribution in [1.82, 2.24) is 5.32 Å². The Balaban J connectivity index is 1.91. The van der Waals surface area contributed by atoms with Crippen LogP contribution in [-0.2, 0) is 6.54 Å². The van der Waals surface area contributed by atoms with E-state index in [1.165, 1.54) is 21.7 Å². The van der Waals surface area contributed by atoms with Gasteiger partial charge in [-0.05, 0) is 42.5 Å². The monoisotopic (exact) mass is 298 g/mol. The Morgan fingerprint density at radius 1 is 1.10 bits per heavy atom. The molecule has 110 valence electrons. The van der Waals surface area contributed by atoms with Crippen molar-refractivity contribution in [2.45, 2.75) is 24.4 Å². The van der Waals surface area contributed by atoms with Gasteiger partial charge in [0.15, 0.2) is 0 Å². The number of nitrogens with one attached hydrogen (secondary N) is 1. The minimum atomic E-state index is 0.391. The summed E-state index contributed by atoms with van der Waals surface area (Å²) in [4.78, 5) is 3.84. The molecular weight excluding hydrogens is 276 g/mol. The number of hydrogen-bond donors (Lipinski definition) is 1. The number of fused-ring (bicyclic) bond motifs is 1. The molecule has 2 aromatic rings. The summed E-state index contributed by atoms with van der Waals surface area (Å²) in [6.45, 7) is 5.34. The Labute approximate surface area is 131 Å². The maximum Gasteiger partial charge on any atom is 0.0514 e. The third-order valence-electron chi connectivity index (χ3n) is 4.21. The highest BCUT2D eigenvalue weighted by Gasteiger charge is 2.20. The van der Waals surface area contributed by atoms with E-state index in [4.69, 9.17) is 0 Å². The molecule has 2 aromatic carbocycles. The molecule has 0 saturated carbocycles. The lowest BCUT2D eigenvalue weighted by Crippen LogP contribution is -2.31. The van der Waals surface area contributed by atoms with Gasteiger partial charge in [0.2, 0.25) is 0 Å². The minimum Gasteiger partial charge on any atom is -0.363 e. The third kappa shape index (κ3) is 3.09. The zero-order chi connectivity index (χ0) is 14.7. The molecule has 1 N–H and O–H groups in total. The molecule has 2 nitrogen and oxygen atoms in total. The maximum atomic E-state index is 3.51. The molecule has 0 spiro atoms. The summed E-state index contributed by atoms with van der Waals surface area (Å²) in [6, 6.07) is 18.1. The number of thioether (sulfide) groups is 1. The van der Waals surface area contributed by atoms with Crippen molar-refractivity contribution < 1.29 is 0 Å². The zero-order valence-corrected chi connectivity index (χ0v) is 13.5. The van der Waals surface area contributed by atoms with Crippen molar-refractivity contribution >= 4 is 17.4 Å². The number of hydrogen-bond acceptors (Lipinski definition) is 3. The van der Waals surface area contributed by atoms with Crippen molar-refractivity contribution in [3.8, 4) is 0 Å². The van der Waals surface area contributed by atoms with Gasteiger partial charge in [-0.25, -0.2) is 0 Å². The summed E-state index contributed by atoms with van der Waals surface area (Å²) in [7, 11) is 0. The van der Waals surface area contributed by atoms with Gasteiger partial charge in [0.1, 0.15) is 0 Å². The van der Waals surface area contributed by atoms with Crippen molar-refractivity contribution in [1.29, 1.82) is 0 Å². The summed E-state index contributed by atoms with van der Waals surface area (Å²) in [5, 5.41) is 3.51. The number of rotatable bonds is 3. The van der Waals surface area contributed by atoms with Crippen LogP contribution in [-0.4, -0.2) is 19.3 Å². The molecule has 1 aliphatic heterocycles. The van der Waals surface area contributed by atoms with Crippen LogP contribution < -0.4 is 10.2 Å². The van der Waals surface area contributed by atoms with Crippen molar-refractivity contribution in [3.63, 3.8) is 0 Å². The second-order valence-corrected chi connectivity index (χ2v) is 6.33. The topological polar surface area (TPSA) is 15.3 Å². The Hall–Kier alpha value is -1.45.